The number of thioether (sulfide) groups is 1. The predicted molar refractivity (Wildman–Crippen MR) is 91.5 cm³/mol. The minimum absolute atomic E-state index is 0.0306. The lowest BCUT2D eigenvalue weighted by Crippen LogP contribution is -2.28. The molecule has 0 radical (unpaired) electrons. The van der Waals surface area contributed by atoms with Crippen molar-refractivity contribution in [1.82, 2.24) is 5.32 Å². The maximum absolute atomic E-state index is 11.9. The Balaban J connectivity index is 1.85. The van der Waals surface area contributed by atoms with E-state index < -0.39 is 0 Å². The normalized spacial score (nSPS) is 10.3. The van der Waals surface area contributed by atoms with Gasteiger partial charge in [-0.1, -0.05) is 42.0 Å². The number of hydrogen-bond acceptors (Lipinski definition) is 3. The van der Waals surface area contributed by atoms with Crippen LogP contribution in [0.2, 0.25) is 0 Å². The van der Waals surface area contributed by atoms with Crippen LogP contribution in [0.1, 0.15) is 16.7 Å². The zero-order valence-electron chi connectivity index (χ0n) is 13.2. The van der Waals surface area contributed by atoms with Gasteiger partial charge in [-0.15, -0.1) is 11.8 Å². The monoisotopic (exact) mass is 315 g/mol. The summed E-state index contributed by atoms with van der Waals surface area (Å²) in [6.45, 7) is 4.63. The first-order chi connectivity index (χ1) is 10.6. The molecule has 0 saturated heterocycles. The van der Waals surface area contributed by atoms with Crippen molar-refractivity contribution >= 4 is 17.7 Å². The van der Waals surface area contributed by atoms with Crippen molar-refractivity contribution in [2.45, 2.75) is 25.3 Å². The van der Waals surface area contributed by atoms with E-state index in [2.05, 4.69) is 5.32 Å². The lowest BCUT2D eigenvalue weighted by molar-refractivity contribution is -0.123. The predicted octanol–water partition coefficient (Wildman–Crippen LogP) is 3.72. The Bertz CT molecular complexity index is 638. The van der Waals surface area contributed by atoms with Crippen LogP contribution in [0.15, 0.2) is 47.4 Å². The van der Waals surface area contributed by atoms with Gasteiger partial charge in [0.25, 0.3) is 5.91 Å². The molecule has 4 heteroatoms. The number of hydrogen-bond donors (Lipinski definition) is 1. The maximum atomic E-state index is 11.9. The van der Waals surface area contributed by atoms with Gasteiger partial charge in [0.2, 0.25) is 0 Å². The standard InChI is InChI=1S/C18H21NO2S/c1-13-7-9-15(10-8-13)11-19-17(20)12-21-16-6-4-5-14(2)18(16)22-3/h4-10H,11-12H2,1-3H3,(H,19,20). The second kappa shape index (κ2) is 7.90. The van der Waals surface area contributed by atoms with E-state index in [-0.39, 0.29) is 12.5 Å². The van der Waals surface area contributed by atoms with Crippen LogP contribution in [0.3, 0.4) is 0 Å². The molecule has 0 unspecified atom stereocenters. The number of ether oxygens (including phenoxy) is 1. The van der Waals surface area contributed by atoms with Gasteiger partial charge in [0.05, 0.1) is 4.90 Å². The summed E-state index contributed by atoms with van der Waals surface area (Å²) in [5.41, 5.74) is 3.45. The number of aryl methyl sites for hydroxylation is 2. The van der Waals surface area contributed by atoms with Crippen molar-refractivity contribution in [3.63, 3.8) is 0 Å². The summed E-state index contributed by atoms with van der Waals surface area (Å²) in [6, 6.07) is 14.0. The van der Waals surface area contributed by atoms with Crippen LogP contribution in [0.25, 0.3) is 0 Å². The van der Waals surface area contributed by atoms with Gasteiger partial charge in [0.15, 0.2) is 6.61 Å². The number of amides is 1. The van der Waals surface area contributed by atoms with E-state index in [1.165, 1.54) is 5.56 Å². The van der Waals surface area contributed by atoms with Crippen LogP contribution >= 0.6 is 11.8 Å². The number of rotatable bonds is 6. The molecule has 0 atom stereocenters. The summed E-state index contributed by atoms with van der Waals surface area (Å²) < 4.78 is 5.65. The molecule has 1 N–H and O–H groups in total. The molecule has 0 aliphatic heterocycles. The molecule has 2 aromatic rings. The molecule has 1 amide bonds. The summed E-state index contributed by atoms with van der Waals surface area (Å²) in [7, 11) is 0. The fourth-order valence-corrected chi connectivity index (χ4v) is 2.82. The van der Waals surface area contributed by atoms with E-state index in [0.717, 1.165) is 21.8 Å². The fourth-order valence-electron chi connectivity index (χ4n) is 2.10. The molecule has 2 aromatic carbocycles. The fraction of sp³-hybridized carbons (Fsp3) is 0.278. The van der Waals surface area contributed by atoms with Crippen LogP contribution in [0.5, 0.6) is 5.75 Å². The Kier molecular flexibility index (Phi) is 5.90. The molecule has 3 nitrogen and oxygen atoms in total. The number of nitrogens with one attached hydrogen (secondary N) is 1. The highest BCUT2D eigenvalue weighted by atomic mass is 32.2. The molecule has 0 aliphatic rings. The lowest BCUT2D eigenvalue weighted by atomic mass is 10.1. The average Bonchev–Trinajstić information content (AvgIpc) is 2.52. The van der Waals surface area contributed by atoms with E-state index in [1.807, 2.05) is 62.6 Å². The molecular weight excluding hydrogens is 294 g/mol. The summed E-state index contributed by atoms with van der Waals surface area (Å²) in [6.07, 6.45) is 2.01. The molecular formula is C18H21NO2S. The Morgan fingerprint density at radius 2 is 1.86 bits per heavy atom. The zero-order chi connectivity index (χ0) is 15.9. The smallest absolute Gasteiger partial charge is 0.258 e. The average molecular weight is 315 g/mol. The molecule has 116 valence electrons. The van der Waals surface area contributed by atoms with Gasteiger partial charge >= 0.3 is 0 Å². The van der Waals surface area contributed by atoms with Gasteiger partial charge in [0, 0.05) is 6.54 Å². The second-order valence-corrected chi connectivity index (χ2v) is 5.97. The Morgan fingerprint density at radius 1 is 1.14 bits per heavy atom. The number of carbonyl (C=O) groups is 1. The van der Waals surface area contributed by atoms with Crippen LogP contribution in [0, 0.1) is 13.8 Å². The van der Waals surface area contributed by atoms with E-state index in [4.69, 9.17) is 4.74 Å². The Labute approximate surface area is 136 Å². The first-order valence-corrected chi connectivity index (χ1v) is 8.41. The highest BCUT2D eigenvalue weighted by molar-refractivity contribution is 7.98. The molecule has 2 rings (SSSR count). The van der Waals surface area contributed by atoms with Crippen LogP contribution in [0.4, 0.5) is 0 Å². The number of benzene rings is 2. The van der Waals surface area contributed by atoms with Crippen molar-refractivity contribution in [1.29, 1.82) is 0 Å². The summed E-state index contributed by atoms with van der Waals surface area (Å²) in [4.78, 5) is 13.0. The van der Waals surface area contributed by atoms with E-state index in [1.54, 1.807) is 11.8 Å². The molecule has 0 saturated carbocycles. The highest BCUT2D eigenvalue weighted by Crippen LogP contribution is 2.30. The van der Waals surface area contributed by atoms with Gasteiger partial charge in [-0.2, -0.15) is 0 Å². The van der Waals surface area contributed by atoms with E-state index in [0.29, 0.717) is 6.54 Å². The van der Waals surface area contributed by atoms with Gasteiger partial charge in [-0.05, 0) is 37.3 Å². The molecule has 0 bridgehead atoms. The first kappa shape index (κ1) is 16.4. The molecule has 0 spiro atoms. The second-order valence-electron chi connectivity index (χ2n) is 5.16. The zero-order valence-corrected chi connectivity index (χ0v) is 14.0. The third-order valence-corrected chi connectivity index (χ3v) is 4.28. The van der Waals surface area contributed by atoms with Crippen LogP contribution < -0.4 is 10.1 Å². The first-order valence-electron chi connectivity index (χ1n) is 7.19. The summed E-state index contributed by atoms with van der Waals surface area (Å²) in [5.74, 6) is 0.645. The van der Waals surface area contributed by atoms with Crippen molar-refractivity contribution in [3.05, 3.63) is 59.2 Å². The Hall–Kier alpha value is -1.94. The summed E-state index contributed by atoms with van der Waals surface area (Å²) in [5, 5.41) is 2.87. The largest absolute Gasteiger partial charge is 0.483 e. The number of carbonyl (C=O) groups excluding carboxylic acids is 1. The molecule has 0 aliphatic carbocycles. The van der Waals surface area contributed by atoms with Crippen molar-refractivity contribution < 1.29 is 9.53 Å². The molecule has 0 heterocycles. The van der Waals surface area contributed by atoms with E-state index >= 15 is 0 Å². The van der Waals surface area contributed by atoms with Crippen molar-refractivity contribution in [2.24, 2.45) is 0 Å². The van der Waals surface area contributed by atoms with E-state index in [9.17, 15) is 4.79 Å². The third kappa shape index (κ3) is 4.53. The van der Waals surface area contributed by atoms with Gasteiger partial charge in [-0.25, -0.2) is 0 Å². The van der Waals surface area contributed by atoms with Crippen LogP contribution in [-0.2, 0) is 11.3 Å². The molecule has 0 aromatic heterocycles. The lowest BCUT2D eigenvalue weighted by Gasteiger charge is -2.12. The minimum Gasteiger partial charge on any atom is -0.483 e. The SMILES string of the molecule is CSc1c(C)cccc1OCC(=O)NCc1ccc(C)cc1. The molecule has 0 fully saturated rings. The maximum Gasteiger partial charge on any atom is 0.258 e. The van der Waals surface area contributed by atoms with Crippen LogP contribution in [-0.4, -0.2) is 18.8 Å². The summed E-state index contributed by atoms with van der Waals surface area (Å²) >= 11 is 1.63. The van der Waals surface area contributed by atoms with Crippen molar-refractivity contribution in [2.75, 3.05) is 12.9 Å². The topological polar surface area (TPSA) is 38.3 Å². The molecule has 22 heavy (non-hydrogen) atoms. The highest BCUT2D eigenvalue weighted by Gasteiger charge is 2.08. The third-order valence-electron chi connectivity index (χ3n) is 3.35. The van der Waals surface area contributed by atoms with Gasteiger partial charge < -0.3 is 10.1 Å². The van der Waals surface area contributed by atoms with Gasteiger partial charge in [-0.3, -0.25) is 4.79 Å². The quantitative estimate of drug-likeness (QED) is 0.826. The minimum atomic E-state index is -0.117. The Morgan fingerprint density at radius 3 is 2.55 bits per heavy atom. The van der Waals surface area contributed by atoms with Gasteiger partial charge in [0.1, 0.15) is 5.75 Å². The van der Waals surface area contributed by atoms with Crippen molar-refractivity contribution in [3.8, 4) is 5.75 Å².